The molecule has 11 rings (SSSR count). The highest BCUT2D eigenvalue weighted by atomic mass is 35.5. The smallest absolute Gasteiger partial charge is 0.416 e. The van der Waals surface area contributed by atoms with Crippen LogP contribution < -0.4 is 40.5 Å². The number of benzene rings is 1. The Morgan fingerprint density at radius 3 is 2.44 bits per heavy atom. The molecule has 2 saturated heterocycles. The molecule has 3 aliphatic carbocycles. The molecular formula is C46H48ClN11O10. The van der Waals surface area contributed by atoms with Gasteiger partial charge in [-0.2, -0.15) is 5.26 Å². The number of cyclic esters (lactones) is 1. The van der Waals surface area contributed by atoms with E-state index in [4.69, 9.17) is 40.4 Å². The average Bonchev–Trinajstić information content (AvgIpc) is 4.12. The van der Waals surface area contributed by atoms with Crippen LogP contribution in [0.3, 0.4) is 0 Å². The normalized spacial score (nSPS) is 23.9. The minimum absolute atomic E-state index is 0.0372. The first-order valence-corrected chi connectivity index (χ1v) is 22.8. The van der Waals surface area contributed by atoms with Crippen molar-refractivity contribution in [3.63, 3.8) is 0 Å². The van der Waals surface area contributed by atoms with E-state index in [0.29, 0.717) is 65.9 Å². The van der Waals surface area contributed by atoms with Crippen LogP contribution in [0, 0.1) is 17.2 Å². The number of hydrogen-bond acceptors (Lipinski definition) is 16. The number of carboxylic acid groups (broad SMARTS) is 1. The van der Waals surface area contributed by atoms with Crippen molar-refractivity contribution in [1.82, 2.24) is 30.6 Å². The van der Waals surface area contributed by atoms with Crippen LogP contribution in [0.25, 0.3) is 0 Å². The van der Waals surface area contributed by atoms with Crippen LogP contribution in [-0.4, -0.2) is 119 Å². The molecule has 0 bridgehead atoms. The number of nitrogens with zero attached hydrogens (tertiary/aromatic N) is 7. The van der Waals surface area contributed by atoms with Crippen molar-refractivity contribution in [3.8, 4) is 17.7 Å². The summed E-state index contributed by atoms with van der Waals surface area (Å²) in [7, 11) is 0. The second kappa shape index (κ2) is 20.0. The second-order valence-electron chi connectivity index (χ2n) is 17.5. The predicted octanol–water partition coefficient (Wildman–Crippen LogP) is 3.96. The van der Waals surface area contributed by atoms with E-state index in [0.717, 1.165) is 75.6 Å². The number of rotatable bonds is 9. The van der Waals surface area contributed by atoms with Crippen LogP contribution >= 0.6 is 11.6 Å². The van der Waals surface area contributed by atoms with E-state index in [-0.39, 0.29) is 49.3 Å². The number of pyridine rings is 2. The minimum atomic E-state index is -0.515. The van der Waals surface area contributed by atoms with Gasteiger partial charge < -0.3 is 45.3 Å². The van der Waals surface area contributed by atoms with Crippen molar-refractivity contribution in [1.29, 1.82) is 5.26 Å². The summed E-state index contributed by atoms with van der Waals surface area (Å²) in [5, 5.41) is 29.4. The van der Waals surface area contributed by atoms with Crippen molar-refractivity contribution < 1.29 is 48.0 Å². The van der Waals surface area contributed by atoms with Crippen LogP contribution in [0.15, 0.2) is 48.8 Å². The number of nitrogens with one attached hydrogen (secondary N) is 4. The summed E-state index contributed by atoms with van der Waals surface area (Å²) in [4.78, 5) is 76.4. The van der Waals surface area contributed by atoms with Crippen molar-refractivity contribution in [2.75, 3.05) is 59.8 Å². The Morgan fingerprint density at radius 2 is 1.65 bits per heavy atom. The standard InChI is InChI=1S/C25H25N5O4.C20H21ClN6O4.CH2O2/c26-12-16-3-1-2-15-10-18(11-19(15)16)27-17-6-8-25(9-7-17)14-30(24(32)34-25)21-5-4-20-23(28-21)29-22(31)13-33-20;21-17-14-6-11(5-12(14)1-4-23-17)7-22-3-2-13-9-27(20(29)31-13)15-8-24-19-18(25-15)26-16(28)10-30-19;2-1-3/h1-5,17-18,27H,6-11,13-14H2,(H,28,29,31);1,4,8,11,13,22H,2-3,5-7,9-10H2,(H,25,26,28);1H,(H,2,3). The Morgan fingerprint density at radius 1 is 0.882 bits per heavy atom. The molecule has 3 fully saturated rings. The molecular weight excluding hydrogens is 902 g/mol. The maximum Gasteiger partial charge on any atom is 0.416 e. The molecule has 7 aliphatic rings. The quantitative estimate of drug-likeness (QED) is 0.0903. The fraction of sp³-hybridized carbons (Fsp3) is 0.435. The Hall–Kier alpha value is -7.15. The van der Waals surface area contributed by atoms with Gasteiger partial charge in [-0.1, -0.05) is 23.7 Å². The zero-order chi connectivity index (χ0) is 47.4. The molecule has 3 atom stereocenters. The lowest BCUT2D eigenvalue weighted by Gasteiger charge is -2.36. The van der Waals surface area contributed by atoms with E-state index < -0.39 is 17.8 Å². The zero-order valence-corrected chi connectivity index (χ0v) is 37.5. The van der Waals surface area contributed by atoms with Gasteiger partial charge in [0.15, 0.2) is 36.4 Å². The molecule has 22 heteroatoms. The van der Waals surface area contributed by atoms with Crippen molar-refractivity contribution in [3.05, 3.63) is 81.8 Å². The largest absolute Gasteiger partial charge is 0.483 e. The fourth-order valence-electron chi connectivity index (χ4n) is 9.82. The van der Waals surface area contributed by atoms with Gasteiger partial charge in [-0.15, -0.1) is 0 Å². The first-order valence-electron chi connectivity index (χ1n) is 22.4. The number of halogens is 1. The third-order valence-corrected chi connectivity index (χ3v) is 13.4. The summed E-state index contributed by atoms with van der Waals surface area (Å²) < 4.78 is 21.9. The Kier molecular flexibility index (Phi) is 13.5. The van der Waals surface area contributed by atoms with Crippen LogP contribution in [-0.2, 0) is 49.5 Å². The second-order valence-corrected chi connectivity index (χ2v) is 17.9. The molecule has 68 heavy (non-hydrogen) atoms. The monoisotopic (exact) mass is 949 g/mol. The van der Waals surface area contributed by atoms with E-state index in [1.165, 1.54) is 27.8 Å². The maximum atomic E-state index is 12.7. The summed E-state index contributed by atoms with van der Waals surface area (Å²) in [6, 6.07) is 14.5. The van der Waals surface area contributed by atoms with Gasteiger partial charge in [0, 0.05) is 18.3 Å². The molecule has 7 heterocycles. The Bertz CT molecular complexity index is 2660. The van der Waals surface area contributed by atoms with Crippen LogP contribution in [0.5, 0.6) is 11.6 Å². The number of nitriles is 1. The highest BCUT2D eigenvalue weighted by Crippen LogP contribution is 2.40. The highest BCUT2D eigenvalue weighted by Gasteiger charge is 2.48. The van der Waals surface area contributed by atoms with Gasteiger partial charge in [-0.05, 0) is 123 Å². The van der Waals surface area contributed by atoms with Crippen molar-refractivity contribution in [2.24, 2.45) is 5.92 Å². The minimum Gasteiger partial charge on any atom is -0.483 e. The SMILES string of the molecule is N#Cc1cccc2c1CC(NC1CCC3(CC1)CN(c1ccc4c(n1)NC(=O)CO4)C(=O)O3)C2.O=C1COc2ncc(N3CC(CCNCC4Cc5ccnc(Cl)c5C4)OC3=O)nc2N1.O=CO. The first kappa shape index (κ1) is 46.0. The molecule has 1 saturated carbocycles. The third-order valence-electron chi connectivity index (χ3n) is 13.0. The number of fused-ring (bicyclic) bond motifs is 4. The number of aromatic nitrogens is 4. The van der Waals surface area contributed by atoms with E-state index in [1.807, 2.05) is 18.2 Å². The van der Waals surface area contributed by atoms with Gasteiger partial charge >= 0.3 is 12.2 Å². The molecule has 4 aliphatic heterocycles. The van der Waals surface area contributed by atoms with Crippen LogP contribution in [0.4, 0.5) is 32.9 Å². The predicted molar refractivity (Wildman–Crippen MR) is 243 cm³/mol. The van der Waals surface area contributed by atoms with Gasteiger partial charge in [-0.3, -0.25) is 24.2 Å². The van der Waals surface area contributed by atoms with Gasteiger partial charge in [0.2, 0.25) is 0 Å². The van der Waals surface area contributed by atoms with E-state index in [9.17, 15) is 24.4 Å². The Labute approximate surface area is 394 Å². The van der Waals surface area contributed by atoms with Gasteiger partial charge in [0.1, 0.15) is 22.7 Å². The molecule has 5 N–H and O–H groups in total. The van der Waals surface area contributed by atoms with Gasteiger partial charge in [-0.25, -0.2) is 29.5 Å². The summed E-state index contributed by atoms with van der Waals surface area (Å²) in [5.74, 6) is 1.95. The first-order chi connectivity index (χ1) is 33.0. The van der Waals surface area contributed by atoms with Crippen molar-refractivity contribution >= 4 is 65.3 Å². The number of hydrogen-bond donors (Lipinski definition) is 5. The fourth-order valence-corrected chi connectivity index (χ4v) is 10.1. The summed E-state index contributed by atoms with van der Waals surface area (Å²) >= 11 is 6.18. The summed E-state index contributed by atoms with van der Waals surface area (Å²) in [6.45, 7) is 2.03. The topological polar surface area (TPSA) is 272 Å². The van der Waals surface area contributed by atoms with Gasteiger partial charge in [0.25, 0.3) is 24.2 Å². The molecule has 0 radical (unpaired) electrons. The molecule has 1 spiro atoms. The lowest BCUT2D eigenvalue weighted by atomic mass is 9.81. The molecule has 3 unspecified atom stereocenters. The molecule has 21 nitrogen and oxygen atoms in total. The molecule has 1 aromatic carbocycles. The van der Waals surface area contributed by atoms with Crippen LogP contribution in [0.1, 0.15) is 59.9 Å². The Balaban J connectivity index is 0.000000161. The third kappa shape index (κ3) is 10.1. The van der Waals surface area contributed by atoms with Crippen LogP contribution in [0.2, 0.25) is 5.15 Å². The molecule has 3 aromatic heterocycles. The van der Waals surface area contributed by atoms with Crippen molar-refractivity contribution in [2.45, 2.75) is 81.6 Å². The van der Waals surface area contributed by atoms with E-state index >= 15 is 0 Å². The molecule has 4 amide bonds. The lowest BCUT2D eigenvalue weighted by molar-refractivity contribution is -0.123. The van der Waals surface area contributed by atoms with E-state index in [2.05, 4.69) is 53.3 Å². The zero-order valence-electron chi connectivity index (χ0n) is 36.7. The lowest BCUT2D eigenvalue weighted by Crippen LogP contribution is -2.47. The highest BCUT2D eigenvalue weighted by molar-refractivity contribution is 6.30. The number of carbonyl (C=O) groups excluding carboxylic acids is 4. The maximum absolute atomic E-state index is 12.7. The van der Waals surface area contributed by atoms with Gasteiger partial charge in [0.05, 0.1) is 30.9 Å². The number of anilines is 4. The summed E-state index contributed by atoms with van der Waals surface area (Å²) in [5.41, 5.74) is 5.14. The van der Waals surface area contributed by atoms with E-state index in [1.54, 1.807) is 23.2 Å². The number of ether oxygens (including phenoxy) is 4. The average molecular weight is 950 g/mol. The molecule has 4 aromatic rings. The number of amides is 4. The number of carbonyl (C=O) groups is 5. The summed E-state index contributed by atoms with van der Waals surface area (Å²) in [6.07, 6.45) is 9.89. The molecule has 354 valence electrons.